The third-order valence-corrected chi connectivity index (χ3v) is 18.5. The maximum Gasteiger partial charge on any atom is 0.264 e. The van der Waals surface area contributed by atoms with E-state index in [4.69, 9.17) is 9.47 Å². The van der Waals surface area contributed by atoms with Gasteiger partial charge in [0.2, 0.25) is 0 Å². The van der Waals surface area contributed by atoms with Crippen LogP contribution in [0.1, 0.15) is 33.4 Å². The highest BCUT2D eigenvalue weighted by Gasteiger charge is 2.44. The lowest BCUT2D eigenvalue weighted by atomic mass is 9.31. The molecule has 4 aliphatic rings. The van der Waals surface area contributed by atoms with Crippen LogP contribution in [0, 0.1) is 41.5 Å². The normalized spacial score (nSPS) is 13.6. The molecule has 324 valence electrons. The molecular formula is C58H43B3N2O2S3. The average molecular weight is 929 g/mol. The first-order valence-electron chi connectivity index (χ1n) is 23.5. The zero-order chi connectivity index (χ0) is 45.7. The van der Waals surface area contributed by atoms with Gasteiger partial charge in [-0.15, -0.1) is 22.7 Å². The molecule has 0 amide bonds. The number of fused-ring (bicyclic) bond motifs is 12. The first-order chi connectivity index (χ1) is 33.1. The van der Waals surface area contributed by atoms with E-state index in [1.165, 1.54) is 111 Å². The molecule has 0 saturated carbocycles. The van der Waals surface area contributed by atoms with Gasteiger partial charge in [0.05, 0.1) is 0 Å². The van der Waals surface area contributed by atoms with Gasteiger partial charge in [0.1, 0.15) is 23.0 Å². The van der Waals surface area contributed by atoms with Gasteiger partial charge in [-0.25, -0.2) is 0 Å². The summed E-state index contributed by atoms with van der Waals surface area (Å²) in [5.74, 6) is 3.73. The van der Waals surface area contributed by atoms with Crippen molar-refractivity contribution in [2.75, 3.05) is 10.6 Å². The fraction of sp³-hybridized carbons (Fsp3) is 0.103. The van der Waals surface area contributed by atoms with Crippen molar-refractivity contribution in [3.05, 3.63) is 173 Å². The van der Waals surface area contributed by atoms with Crippen LogP contribution in [0.2, 0.25) is 0 Å². The molecule has 8 aromatic carbocycles. The summed E-state index contributed by atoms with van der Waals surface area (Å²) >= 11 is 5.78. The highest BCUT2D eigenvalue weighted by molar-refractivity contribution is 8.00. The van der Waals surface area contributed by atoms with Crippen molar-refractivity contribution in [3.63, 3.8) is 0 Å². The summed E-state index contributed by atoms with van der Waals surface area (Å²) in [6, 6.07) is 51.7. The molecule has 4 aliphatic heterocycles. The maximum absolute atomic E-state index is 7.19. The first kappa shape index (κ1) is 40.5. The van der Waals surface area contributed by atoms with Crippen LogP contribution in [0.15, 0.2) is 149 Å². The number of hydrogen-bond donors (Lipinski definition) is 2. The Bertz CT molecular complexity index is 3620. The van der Waals surface area contributed by atoms with Crippen molar-refractivity contribution in [1.29, 1.82) is 0 Å². The molecule has 0 aliphatic carbocycles. The Morgan fingerprint density at radius 3 is 1.91 bits per heavy atom. The number of benzene rings is 8. The van der Waals surface area contributed by atoms with Gasteiger partial charge >= 0.3 is 0 Å². The Balaban J connectivity index is 1.01. The third-order valence-electron chi connectivity index (χ3n) is 14.7. The quantitative estimate of drug-likeness (QED) is 0.172. The number of thiophene rings is 2. The van der Waals surface area contributed by atoms with E-state index < -0.39 is 0 Å². The lowest BCUT2D eigenvalue weighted by molar-refractivity contribution is 0.487. The average Bonchev–Trinajstić information content (AvgIpc) is 3.88. The number of para-hydroxylation sites is 1. The monoisotopic (exact) mass is 928 g/mol. The summed E-state index contributed by atoms with van der Waals surface area (Å²) in [6.07, 6.45) is 0. The molecule has 14 rings (SSSR count). The predicted molar refractivity (Wildman–Crippen MR) is 296 cm³/mol. The summed E-state index contributed by atoms with van der Waals surface area (Å²) in [7, 11) is 0. The van der Waals surface area contributed by atoms with E-state index in [9.17, 15) is 0 Å². The number of aryl methyl sites for hydroxylation is 6. The molecule has 10 heteroatoms. The third kappa shape index (κ3) is 6.03. The molecule has 2 aromatic heterocycles. The molecule has 68 heavy (non-hydrogen) atoms. The molecule has 0 atom stereocenters. The molecule has 0 spiro atoms. The summed E-state index contributed by atoms with van der Waals surface area (Å²) in [5.41, 5.74) is 20.7. The van der Waals surface area contributed by atoms with E-state index in [-0.39, 0.29) is 20.1 Å². The molecule has 0 saturated heterocycles. The molecule has 0 unspecified atom stereocenters. The Morgan fingerprint density at radius 1 is 0.456 bits per heavy atom. The van der Waals surface area contributed by atoms with Crippen molar-refractivity contribution < 1.29 is 9.47 Å². The van der Waals surface area contributed by atoms with E-state index in [0.29, 0.717) is 0 Å². The number of ether oxygens (including phenoxy) is 2. The van der Waals surface area contributed by atoms with Crippen LogP contribution in [0.3, 0.4) is 0 Å². The van der Waals surface area contributed by atoms with E-state index in [1.54, 1.807) is 0 Å². The van der Waals surface area contributed by atoms with Gasteiger partial charge in [-0.05, 0) is 140 Å². The summed E-state index contributed by atoms with van der Waals surface area (Å²) < 4.78 is 19.4. The largest absolute Gasteiger partial charge is 0.458 e. The minimum atomic E-state index is -0.0943. The van der Waals surface area contributed by atoms with Gasteiger partial charge in [-0.1, -0.05) is 123 Å². The van der Waals surface area contributed by atoms with Crippen LogP contribution in [-0.2, 0) is 0 Å². The van der Waals surface area contributed by atoms with Gasteiger partial charge in [-0.3, -0.25) is 0 Å². The van der Waals surface area contributed by atoms with E-state index in [2.05, 4.69) is 192 Å². The zero-order valence-corrected chi connectivity index (χ0v) is 41.0. The number of anilines is 4. The molecule has 0 bridgehead atoms. The highest BCUT2D eigenvalue weighted by atomic mass is 32.2. The standard InChI is InChI=1S/C58H43B3N2O2S3/c1-30-20-34(5)52-47(22-30)65-55-38-16-10-12-18-49(38)67-57(55)60(52)40-28-42-44(24-32(40)3)63-45-26-37(62-36-14-8-7-9-15-36)27-48-54(45)59(42)43-29-41(33(4)25-46(43)64-48)61-53-35(6)21-31(2)23-51(53)66-56-39-17-11-13-19-50(39)68-58(56)61/h7-29,62-63H,1-6H3. The number of rotatable bonds is 4. The minimum absolute atomic E-state index is 0.00249. The first-order valence-corrected chi connectivity index (χ1v) is 25.9. The summed E-state index contributed by atoms with van der Waals surface area (Å²) in [4.78, 5) is 2.75. The van der Waals surface area contributed by atoms with Crippen LogP contribution in [0.4, 0.5) is 22.7 Å². The van der Waals surface area contributed by atoms with Crippen LogP contribution in [0.5, 0.6) is 23.0 Å². The van der Waals surface area contributed by atoms with Crippen molar-refractivity contribution in [1.82, 2.24) is 0 Å². The lowest BCUT2D eigenvalue weighted by Crippen LogP contribution is -2.63. The number of hydrogen-bond acceptors (Lipinski definition) is 7. The Hall–Kier alpha value is -6.58. The van der Waals surface area contributed by atoms with Crippen LogP contribution in [-0.4, -0.2) is 20.1 Å². The van der Waals surface area contributed by atoms with Crippen molar-refractivity contribution in [2.45, 2.75) is 51.3 Å². The van der Waals surface area contributed by atoms with Gasteiger partial charge < -0.3 is 20.1 Å². The smallest absolute Gasteiger partial charge is 0.264 e. The van der Waals surface area contributed by atoms with E-state index in [0.717, 1.165) is 45.7 Å². The fourth-order valence-corrected chi connectivity index (χ4v) is 16.1. The molecule has 2 N–H and O–H groups in total. The highest BCUT2D eigenvalue weighted by Crippen LogP contribution is 2.42. The Labute approximate surface area is 410 Å². The Kier molecular flexibility index (Phi) is 8.91. The second-order valence-corrected chi connectivity index (χ2v) is 22.5. The zero-order valence-electron chi connectivity index (χ0n) is 38.6. The maximum atomic E-state index is 7.19. The summed E-state index contributed by atoms with van der Waals surface area (Å²) in [6.45, 7) is 13.5. The second-order valence-electron chi connectivity index (χ2n) is 19.3. The molecule has 6 heterocycles. The lowest BCUT2D eigenvalue weighted by Gasteiger charge is -2.36. The molecule has 0 radical (unpaired) electrons. The van der Waals surface area contributed by atoms with E-state index in [1.807, 2.05) is 34.4 Å². The van der Waals surface area contributed by atoms with Crippen LogP contribution < -0.4 is 67.9 Å². The van der Waals surface area contributed by atoms with Gasteiger partial charge in [0, 0.05) is 63.6 Å². The summed E-state index contributed by atoms with van der Waals surface area (Å²) in [5, 5.41) is 10.2. The minimum Gasteiger partial charge on any atom is -0.458 e. The van der Waals surface area contributed by atoms with Gasteiger partial charge in [-0.2, -0.15) is 0 Å². The van der Waals surface area contributed by atoms with Crippen molar-refractivity contribution >= 4 is 145 Å². The van der Waals surface area contributed by atoms with Crippen LogP contribution >= 0.6 is 34.4 Å². The Morgan fingerprint density at radius 2 is 1.10 bits per heavy atom. The van der Waals surface area contributed by atoms with Crippen molar-refractivity contribution in [3.8, 4) is 23.0 Å². The SMILES string of the molecule is Cc1cc(C)c2c(c1)Oc1c(sc3ccccc13)B2c1cc2c(cc1C)Nc1cc(Nc3ccccc3)cc3c1B2c1cc(B2c4sc5ccccc5c4Sc4cc(C)cc(C)c42)c(C)cc1O3. The van der Waals surface area contributed by atoms with Crippen LogP contribution in [0.25, 0.3) is 20.2 Å². The topological polar surface area (TPSA) is 42.5 Å². The molecule has 4 nitrogen and oxygen atoms in total. The fourth-order valence-electron chi connectivity index (χ4n) is 11.9. The predicted octanol–water partition coefficient (Wildman–Crippen LogP) is 9.99. The number of nitrogens with one attached hydrogen (secondary N) is 2. The molecule has 10 aromatic rings. The molecule has 0 fully saturated rings. The van der Waals surface area contributed by atoms with Crippen molar-refractivity contribution in [2.24, 2.45) is 0 Å². The van der Waals surface area contributed by atoms with Gasteiger partial charge in [0.25, 0.3) is 20.1 Å². The van der Waals surface area contributed by atoms with E-state index >= 15 is 0 Å². The second kappa shape index (κ2) is 15.0. The molecular weight excluding hydrogens is 885 g/mol. The van der Waals surface area contributed by atoms with Gasteiger partial charge in [0.15, 0.2) is 0 Å².